The lowest BCUT2D eigenvalue weighted by atomic mass is 10.2. The highest BCUT2D eigenvalue weighted by atomic mass is 19.1. The van der Waals surface area contributed by atoms with Crippen molar-refractivity contribution in [1.82, 2.24) is 19.6 Å². The summed E-state index contributed by atoms with van der Waals surface area (Å²) in [5.41, 5.74) is 7.09. The summed E-state index contributed by atoms with van der Waals surface area (Å²) in [5.74, 6) is -0.491. The van der Waals surface area contributed by atoms with Crippen molar-refractivity contribution < 1.29 is 4.39 Å². The SMILES string of the molecule is Cc1cn(C)nc1-c1nn(C)c(N)c1F. The van der Waals surface area contributed by atoms with Crippen LogP contribution in [0.25, 0.3) is 11.4 Å². The number of nitrogens with two attached hydrogens (primary N) is 1. The molecule has 0 saturated heterocycles. The highest BCUT2D eigenvalue weighted by molar-refractivity contribution is 5.62. The first-order valence-corrected chi connectivity index (χ1v) is 4.49. The summed E-state index contributed by atoms with van der Waals surface area (Å²) < 4.78 is 16.6. The smallest absolute Gasteiger partial charge is 0.194 e. The lowest BCUT2D eigenvalue weighted by molar-refractivity contribution is 0.632. The minimum Gasteiger partial charge on any atom is -0.381 e. The van der Waals surface area contributed by atoms with Gasteiger partial charge < -0.3 is 5.73 Å². The number of hydrogen-bond donors (Lipinski definition) is 1. The number of halogens is 1. The van der Waals surface area contributed by atoms with Crippen LogP contribution >= 0.6 is 0 Å². The molecule has 0 atom stereocenters. The fraction of sp³-hybridized carbons (Fsp3) is 0.333. The van der Waals surface area contributed by atoms with E-state index in [2.05, 4.69) is 10.2 Å². The monoisotopic (exact) mass is 209 g/mol. The van der Waals surface area contributed by atoms with Crippen molar-refractivity contribution in [2.24, 2.45) is 14.1 Å². The highest BCUT2D eigenvalue weighted by Crippen LogP contribution is 2.25. The molecule has 0 saturated carbocycles. The van der Waals surface area contributed by atoms with E-state index in [0.29, 0.717) is 5.69 Å². The average molecular weight is 209 g/mol. The van der Waals surface area contributed by atoms with Gasteiger partial charge in [0.2, 0.25) is 0 Å². The van der Waals surface area contributed by atoms with Gasteiger partial charge in [0.15, 0.2) is 17.3 Å². The number of aryl methyl sites for hydroxylation is 3. The molecular formula is C9H12FN5. The number of rotatable bonds is 1. The van der Waals surface area contributed by atoms with E-state index in [9.17, 15) is 4.39 Å². The van der Waals surface area contributed by atoms with Crippen molar-refractivity contribution in [2.75, 3.05) is 5.73 Å². The number of nitrogen functional groups attached to an aromatic ring is 1. The van der Waals surface area contributed by atoms with Crippen LogP contribution in [0.5, 0.6) is 0 Å². The average Bonchev–Trinajstić information content (AvgIpc) is 2.61. The predicted molar refractivity (Wildman–Crippen MR) is 54.5 cm³/mol. The minimum absolute atomic E-state index is 0.0232. The number of aromatic nitrogens is 4. The van der Waals surface area contributed by atoms with Crippen LogP contribution in [0.2, 0.25) is 0 Å². The highest BCUT2D eigenvalue weighted by Gasteiger charge is 2.19. The Morgan fingerprint density at radius 3 is 2.33 bits per heavy atom. The molecule has 2 heterocycles. The second-order valence-corrected chi connectivity index (χ2v) is 3.51. The van der Waals surface area contributed by atoms with Crippen molar-refractivity contribution in [1.29, 1.82) is 0 Å². The number of anilines is 1. The Kier molecular flexibility index (Phi) is 1.99. The Hall–Kier alpha value is -1.85. The maximum atomic E-state index is 13.6. The van der Waals surface area contributed by atoms with Gasteiger partial charge in [0, 0.05) is 20.3 Å². The molecule has 2 N–H and O–H groups in total. The van der Waals surface area contributed by atoms with E-state index in [0.717, 1.165) is 5.56 Å². The summed E-state index contributed by atoms with van der Waals surface area (Å²) in [5, 5.41) is 8.14. The molecule has 0 bridgehead atoms. The van der Waals surface area contributed by atoms with Crippen LogP contribution in [0.15, 0.2) is 6.20 Å². The second-order valence-electron chi connectivity index (χ2n) is 3.51. The summed E-state index contributed by atoms with van der Waals surface area (Å²) in [7, 11) is 3.38. The fourth-order valence-corrected chi connectivity index (χ4v) is 1.50. The number of nitrogens with zero attached hydrogens (tertiary/aromatic N) is 4. The molecule has 0 radical (unpaired) electrons. The van der Waals surface area contributed by atoms with Gasteiger partial charge in [-0.25, -0.2) is 9.07 Å². The lowest BCUT2D eigenvalue weighted by Gasteiger charge is -1.91. The van der Waals surface area contributed by atoms with Crippen molar-refractivity contribution in [3.8, 4) is 11.4 Å². The molecule has 2 aromatic heterocycles. The molecule has 0 aliphatic carbocycles. The molecule has 0 amide bonds. The predicted octanol–water partition coefficient (Wildman–Crippen LogP) is 0.850. The zero-order valence-corrected chi connectivity index (χ0v) is 8.82. The van der Waals surface area contributed by atoms with Gasteiger partial charge in [-0.1, -0.05) is 0 Å². The molecule has 0 aliphatic rings. The third-order valence-electron chi connectivity index (χ3n) is 2.27. The molecule has 0 spiro atoms. The van der Waals surface area contributed by atoms with Gasteiger partial charge in [0.1, 0.15) is 5.69 Å². The normalized spacial score (nSPS) is 10.9. The van der Waals surface area contributed by atoms with Gasteiger partial charge in [-0.2, -0.15) is 10.2 Å². The molecule has 0 aromatic carbocycles. The first-order valence-electron chi connectivity index (χ1n) is 4.49. The van der Waals surface area contributed by atoms with Crippen LogP contribution in [0.1, 0.15) is 5.56 Å². The second kappa shape index (κ2) is 3.08. The van der Waals surface area contributed by atoms with Crippen molar-refractivity contribution in [3.05, 3.63) is 17.6 Å². The lowest BCUT2D eigenvalue weighted by Crippen LogP contribution is -1.97. The van der Waals surface area contributed by atoms with Crippen LogP contribution in [0.4, 0.5) is 10.2 Å². The number of hydrogen-bond acceptors (Lipinski definition) is 3. The first-order chi connectivity index (χ1) is 7.00. The largest absolute Gasteiger partial charge is 0.381 e. The van der Waals surface area contributed by atoms with E-state index >= 15 is 0 Å². The van der Waals surface area contributed by atoms with Crippen LogP contribution in [-0.4, -0.2) is 19.6 Å². The maximum Gasteiger partial charge on any atom is 0.194 e. The standard InChI is InChI=1S/C9H12FN5/c1-5-4-14(2)12-7(5)8-6(10)9(11)15(3)13-8/h4H,11H2,1-3H3. The molecule has 15 heavy (non-hydrogen) atoms. The molecule has 2 rings (SSSR count). The molecule has 0 aliphatic heterocycles. The van der Waals surface area contributed by atoms with E-state index in [-0.39, 0.29) is 11.5 Å². The quantitative estimate of drug-likeness (QED) is 0.757. The van der Waals surface area contributed by atoms with E-state index in [1.54, 1.807) is 25.0 Å². The third-order valence-corrected chi connectivity index (χ3v) is 2.27. The van der Waals surface area contributed by atoms with Gasteiger partial charge in [-0.15, -0.1) is 0 Å². The fourth-order valence-electron chi connectivity index (χ4n) is 1.50. The zero-order chi connectivity index (χ0) is 11.2. The minimum atomic E-state index is -0.515. The van der Waals surface area contributed by atoms with Gasteiger partial charge in [-0.05, 0) is 12.5 Å². The summed E-state index contributed by atoms with van der Waals surface area (Å²) in [6, 6.07) is 0. The van der Waals surface area contributed by atoms with E-state index in [4.69, 9.17) is 5.73 Å². The Balaban J connectivity index is 2.64. The molecule has 2 aromatic rings. The van der Waals surface area contributed by atoms with Gasteiger partial charge in [0.05, 0.1) is 0 Å². The van der Waals surface area contributed by atoms with Gasteiger partial charge in [0.25, 0.3) is 0 Å². The molecule has 0 fully saturated rings. The molecular weight excluding hydrogens is 197 g/mol. The maximum absolute atomic E-state index is 13.6. The Morgan fingerprint density at radius 1 is 1.27 bits per heavy atom. The molecule has 6 heteroatoms. The van der Waals surface area contributed by atoms with Crippen LogP contribution in [-0.2, 0) is 14.1 Å². The first kappa shape index (κ1) is 9.70. The van der Waals surface area contributed by atoms with Crippen LogP contribution < -0.4 is 5.73 Å². The van der Waals surface area contributed by atoms with Crippen LogP contribution in [0.3, 0.4) is 0 Å². The zero-order valence-electron chi connectivity index (χ0n) is 8.82. The van der Waals surface area contributed by atoms with E-state index in [1.807, 2.05) is 6.92 Å². The Labute approximate surface area is 86.3 Å². The van der Waals surface area contributed by atoms with Gasteiger partial charge >= 0.3 is 0 Å². The third kappa shape index (κ3) is 1.38. The molecule has 5 nitrogen and oxygen atoms in total. The molecule has 80 valence electrons. The summed E-state index contributed by atoms with van der Waals surface area (Å²) in [6.07, 6.45) is 1.81. The van der Waals surface area contributed by atoms with Crippen molar-refractivity contribution in [3.63, 3.8) is 0 Å². The summed E-state index contributed by atoms with van der Waals surface area (Å²) in [6.45, 7) is 1.85. The van der Waals surface area contributed by atoms with Crippen LogP contribution in [0, 0.1) is 12.7 Å². The van der Waals surface area contributed by atoms with Crippen molar-refractivity contribution in [2.45, 2.75) is 6.92 Å². The Morgan fingerprint density at radius 2 is 1.93 bits per heavy atom. The summed E-state index contributed by atoms with van der Waals surface area (Å²) in [4.78, 5) is 0. The summed E-state index contributed by atoms with van der Waals surface area (Å²) >= 11 is 0. The van der Waals surface area contributed by atoms with Gasteiger partial charge in [-0.3, -0.25) is 4.68 Å². The van der Waals surface area contributed by atoms with Crippen molar-refractivity contribution >= 4 is 5.82 Å². The molecule has 0 unspecified atom stereocenters. The van der Waals surface area contributed by atoms with E-state index in [1.165, 1.54) is 4.68 Å². The Bertz CT molecular complexity index is 511. The topological polar surface area (TPSA) is 61.7 Å². The van der Waals surface area contributed by atoms with E-state index < -0.39 is 5.82 Å².